The lowest BCUT2D eigenvalue weighted by atomic mass is 10.3. The van der Waals surface area contributed by atoms with Crippen LogP contribution in [0.3, 0.4) is 0 Å². The first kappa shape index (κ1) is 15.1. The molecular weight excluding hydrogens is 304 g/mol. The van der Waals surface area contributed by atoms with Crippen molar-refractivity contribution < 1.29 is 9.47 Å². The van der Waals surface area contributed by atoms with Gasteiger partial charge in [-0.1, -0.05) is 11.8 Å². The highest BCUT2D eigenvalue weighted by Crippen LogP contribution is 2.30. The Morgan fingerprint density at radius 2 is 2.10 bits per heavy atom. The Balaban J connectivity index is 1.44. The highest BCUT2D eigenvalue weighted by molar-refractivity contribution is 8.15. The van der Waals surface area contributed by atoms with Gasteiger partial charge in [-0.25, -0.2) is 0 Å². The van der Waals surface area contributed by atoms with Crippen LogP contribution in [-0.2, 0) is 4.74 Å². The minimum Gasteiger partial charge on any atom is -0.497 e. The fourth-order valence-corrected chi connectivity index (χ4v) is 4.50. The number of nitrogens with zero attached hydrogens (tertiary/aromatic N) is 2. The summed E-state index contributed by atoms with van der Waals surface area (Å²) in [6.07, 6.45) is 0. The van der Waals surface area contributed by atoms with Crippen LogP contribution >= 0.6 is 23.5 Å². The third-order valence-electron chi connectivity index (χ3n) is 3.48. The predicted molar refractivity (Wildman–Crippen MR) is 89.8 cm³/mol. The molecule has 0 N–H and O–H groups in total. The highest BCUT2D eigenvalue weighted by atomic mass is 32.2. The number of thioether (sulfide) groups is 2. The van der Waals surface area contributed by atoms with Crippen molar-refractivity contribution in [3.63, 3.8) is 0 Å². The van der Waals surface area contributed by atoms with Crippen molar-refractivity contribution in [1.82, 2.24) is 4.90 Å². The highest BCUT2D eigenvalue weighted by Gasteiger charge is 2.25. The lowest BCUT2D eigenvalue weighted by Gasteiger charge is -2.28. The molecule has 0 bridgehead atoms. The Morgan fingerprint density at radius 1 is 1.33 bits per heavy atom. The fourth-order valence-electron chi connectivity index (χ4n) is 2.28. The molecule has 1 fully saturated rings. The van der Waals surface area contributed by atoms with Crippen molar-refractivity contribution in [2.24, 2.45) is 4.99 Å². The van der Waals surface area contributed by atoms with Crippen LogP contribution in [0.1, 0.15) is 0 Å². The maximum absolute atomic E-state index is 5.39. The average Bonchev–Trinajstić information content (AvgIpc) is 3.03. The predicted octanol–water partition coefficient (Wildman–Crippen LogP) is 2.59. The van der Waals surface area contributed by atoms with Gasteiger partial charge in [0.15, 0.2) is 5.17 Å². The summed E-state index contributed by atoms with van der Waals surface area (Å²) < 4.78 is 10.6. The van der Waals surface area contributed by atoms with Crippen molar-refractivity contribution in [2.45, 2.75) is 10.1 Å². The van der Waals surface area contributed by atoms with Crippen LogP contribution in [0.25, 0.3) is 0 Å². The van der Waals surface area contributed by atoms with E-state index in [1.807, 2.05) is 35.7 Å². The Morgan fingerprint density at radius 3 is 2.81 bits per heavy atom. The average molecular weight is 324 g/mol. The molecule has 0 aromatic heterocycles. The summed E-state index contributed by atoms with van der Waals surface area (Å²) in [5.74, 6) is 2.00. The van der Waals surface area contributed by atoms with Crippen LogP contribution in [0.4, 0.5) is 0 Å². The van der Waals surface area contributed by atoms with E-state index >= 15 is 0 Å². The third-order valence-corrected chi connectivity index (χ3v) is 6.11. The van der Waals surface area contributed by atoms with Gasteiger partial charge in [-0.2, -0.15) is 0 Å². The Labute approximate surface area is 134 Å². The number of methoxy groups -OCH3 is 1. The molecule has 1 unspecified atom stereocenters. The second-order valence-corrected chi connectivity index (χ2v) is 7.31. The van der Waals surface area contributed by atoms with Gasteiger partial charge in [0.25, 0.3) is 0 Å². The van der Waals surface area contributed by atoms with Crippen LogP contribution < -0.4 is 4.74 Å². The standard InChI is InChI=1S/C15H20N2O2S2/c1-18-12-2-4-13(5-3-12)20-11-14-10-16-15(21-14)17-6-8-19-9-7-17/h2-5,14H,6-11H2,1H3. The van der Waals surface area contributed by atoms with Crippen molar-refractivity contribution in [2.75, 3.05) is 45.7 Å². The number of ether oxygens (including phenoxy) is 2. The van der Waals surface area contributed by atoms with Gasteiger partial charge < -0.3 is 14.4 Å². The first-order chi connectivity index (χ1) is 10.3. The van der Waals surface area contributed by atoms with E-state index < -0.39 is 0 Å². The number of hydrogen-bond acceptors (Lipinski definition) is 6. The SMILES string of the molecule is COc1ccc(SCC2CN=C(N3CCOCC3)S2)cc1. The van der Waals surface area contributed by atoms with E-state index in [1.54, 1.807) is 7.11 Å². The number of aliphatic imine (C=N–C) groups is 1. The molecule has 0 aliphatic carbocycles. The van der Waals surface area contributed by atoms with Crippen LogP contribution in [0.5, 0.6) is 5.75 Å². The zero-order chi connectivity index (χ0) is 14.5. The summed E-state index contributed by atoms with van der Waals surface area (Å²) in [7, 11) is 1.70. The van der Waals surface area contributed by atoms with Gasteiger partial charge >= 0.3 is 0 Å². The topological polar surface area (TPSA) is 34.1 Å². The molecular formula is C15H20N2O2S2. The first-order valence-electron chi connectivity index (χ1n) is 7.16. The molecule has 6 heteroatoms. The zero-order valence-electron chi connectivity index (χ0n) is 12.2. The first-order valence-corrected chi connectivity index (χ1v) is 9.02. The smallest absolute Gasteiger partial charge is 0.159 e. The molecule has 114 valence electrons. The number of morpholine rings is 1. The third kappa shape index (κ3) is 4.08. The number of rotatable bonds is 4. The number of amidine groups is 1. The maximum atomic E-state index is 5.39. The van der Waals surface area contributed by atoms with E-state index in [4.69, 9.17) is 14.5 Å². The quantitative estimate of drug-likeness (QED) is 0.795. The number of benzene rings is 1. The van der Waals surface area contributed by atoms with E-state index in [1.165, 1.54) is 10.1 Å². The van der Waals surface area contributed by atoms with Gasteiger partial charge in [-0.3, -0.25) is 4.99 Å². The maximum Gasteiger partial charge on any atom is 0.159 e. The molecule has 4 nitrogen and oxygen atoms in total. The zero-order valence-corrected chi connectivity index (χ0v) is 13.8. The molecule has 0 amide bonds. The number of hydrogen-bond donors (Lipinski definition) is 0. The van der Waals surface area contributed by atoms with Crippen molar-refractivity contribution >= 4 is 28.7 Å². The van der Waals surface area contributed by atoms with Crippen LogP contribution in [0.15, 0.2) is 34.2 Å². The summed E-state index contributed by atoms with van der Waals surface area (Å²) in [5.41, 5.74) is 0. The molecule has 2 aliphatic rings. The molecule has 1 aromatic carbocycles. The van der Waals surface area contributed by atoms with Crippen LogP contribution in [0.2, 0.25) is 0 Å². The van der Waals surface area contributed by atoms with Gasteiger partial charge in [-0.15, -0.1) is 11.8 Å². The molecule has 0 radical (unpaired) electrons. The van der Waals surface area contributed by atoms with E-state index in [0.29, 0.717) is 5.25 Å². The van der Waals surface area contributed by atoms with Gasteiger partial charge in [0, 0.05) is 29.0 Å². The minimum absolute atomic E-state index is 0.579. The molecule has 2 heterocycles. The summed E-state index contributed by atoms with van der Waals surface area (Å²) >= 11 is 3.81. The van der Waals surface area contributed by atoms with Crippen molar-refractivity contribution in [3.8, 4) is 5.75 Å². The molecule has 21 heavy (non-hydrogen) atoms. The van der Waals surface area contributed by atoms with E-state index in [2.05, 4.69) is 17.0 Å². The van der Waals surface area contributed by atoms with Gasteiger partial charge in [0.05, 0.1) is 26.9 Å². The lowest BCUT2D eigenvalue weighted by Crippen LogP contribution is -2.39. The lowest BCUT2D eigenvalue weighted by molar-refractivity contribution is 0.0693. The molecule has 3 rings (SSSR count). The van der Waals surface area contributed by atoms with Crippen LogP contribution in [0, 0.1) is 0 Å². The molecule has 2 aliphatic heterocycles. The minimum atomic E-state index is 0.579. The second-order valence-electron chi connectivity index (χ2n) is 4.95. The normalized spacial score (nSPS) is 22.2. The van der Waals surface area contributed by atoms with E-state index in [9.17, 15) is 0 Å². The van der Waals surface area contributed by atoms with Gasteiger partial charge in [-0.05, 0) is 24.3 Å². The molecule has 1 atom stereocenters. The Bertz CT molecular complexity index is 487. The van der Waals surface area contributed by atoms with Crippen LogP contribution in [-0.4, -0.2) is 61.0 Å². The monoisotopic (exact) mass is 324 g/mol. The molecule has 1 saturated heterocycles. The summed E-state index contributed by atoms with van der Waals surface area (Å²) in [6.45, 7) is 4.53. The molecule has 0 saturated carbocycles. The molecule has 0 spiro atoms. The van der Waals surface area contributed by atoms with E-state index in [-0.39, 0.29) is 0 Å². The summed E-state index contributed by atoms with van der Waals surface area (Å²) in [5, 5.41) is 1.79. The summed E-state index contributed by atoms with van der Waals surface area (Å²) in [6, 6.07) is 8.26. The second kappa shape index (κ2) is 7.42. The van der Waals surface area contributed by atoms with Gasteiger partial charge in [0.2, 0.25) is 0 Å². The van der Waals surface area contributed by atoms with E-state index in [0.717, 1.165) is 44.4 Å². The Kier molecular flexibility index (Phi) is 5.32. The van der Waals surface area contributed by atoms with Gasteiger partial charge in [0.1, 0.15) is 5.75 Å². The largest absolute Gasteiger partial charge is 0.497 e. The summed E-state index contributed by atoms with van der Waals surface area (Å²) in [4.78, 5) is 8.34. The van der Waals surface area contributed by atoms with Crippen molar-refractivity contribution in [1.29, 1.82) is 0 Å². The fraction of sp³-hybridized carbons (Fsp3) is 0.533. The molecule has 1 aromatic rings. The van der Waals surface area contributed by atoms with Crippen molar-refractivity contribution in [3.05, 3.63) is 24.3 Å². The Hall–Kier alpha value is -0.850.